The van der Waals surface area contributed by atoms with Crippen molar-refractivity contribution in [3.05, 3.63) is 26.6 Å². The molecule has 0 bridgehead atoms. The van der Waals surface area contributed by atoms with Crippen molar-refractivity contribution in [3.8, 4) is 0 Å². The van der Waals surface area contributed by atoms with Gasteiger partial charge in [0.1, 0.15) is 0 Å². The molecule has 19 heavy (non-hydrogen) atoms. The van der Waals surface area contributed by atoms with Gasteiger partial charge in [-0.3, -0.25) is 4.79 Å². The van der Waals surface area contributed by atoms with Crippen LogP contribution in [0.4, 0.5) is 5.69 Å². The molecule has 0 aromatic heterocycles. The van der Waals surface area contributed by atoms with Crippen LogP contribution in [0.2, 0.25) is 0 Å². The van der Waals surface area contributed by atoms with Crippen LogP contribution < -0.4 is 4.90 Å². The van der Waals surface area contributed by atoms with Gasteiger partial charge in [-0.05, 0) is 69.3 Å². The molecule has 1 aliphatic heterocycles. The molecule has 0 unspecified atom stereocenters. The second-order valence-corrected chi connectivity index (χ2v) is 6.29. The van der Waals surface area contributed by atoms with E-state index in [1.807, 2.05) is 19.1 Å². The van der Waals surface area contributed by atoms with E-state index in [-0.39, 0.29) is 5.97 Å². The molecule has 0 aliphatic carbocycles. The van der Waals surface area contributed by atoms with Crippen LogP contribution in [-0.2, 0) is 16.0 Å². The van der Waals surface area contributed by atoms with Gasteiger partial charge in [0, 0.05) is 22.0 Å². The van der Waals surface area contributed by atoms with Crippen molar-refractivity contribution < 1.29 is 9.53 Å². The minimum Gasteiger partial charge on any atom is -0.466 e. The lowest BCUT2D eigenvalue weighted by Crippen LogP contribution is -2.19. The maximum absolute atomic E-state index is 11.5. The largest absolute Gasteiger partial charge is 0.466 e. The third-order valence-electron chi connectivity index (χ3n) is 3.15. The number of hydrogen-bond donors (Lipinski definition) is 0. The fraction of sp³-hybridized carbons (Fsp3) is 0.500. The minimum absolute atomic E-state index is 0.185. The summed E-state index contributed by atoms with van der Waals surface area (Å²) in [5, 5.41) is 0. The van der Waals surface area contributed by atoms with Gasteiger partial charge in [0.25, 0.3) is 0 Å². The summed E-state index contributed by atoms with van der Waals surface area (Å²) in [4.78, 5) is 13.9. The van der Waals surface area contributed by atoms with E-state index >= 15 is 0 Å². The zero-order valence-corrected chi connectivity index (χ0v) is 14.1. The number of rotatable bonds is 4. The molecule has 0 N–H and O–H groups in total. The van der Waals surface area contributed by atoms with E-state index in [1.165, 1.54) is 18.5 Å². The Kier molecular flexibility index (Phi) is 5.28. The number of ether oxygens (including phenoxy) is 1. The summed E-state index contributed by atoms with van der Waals surface area (Å²) in [7, 11) is 0. The van der Waals surface area contributed by atoms with Gasteiger partial charge >= 0.3 is 5.97 Å². The van der Waals surface area contributed by atoms with Gasteiger partial charge in [0.05, 0.1) is 18.7 Å². The number of halogens is 2. The maximum Gasteiger partial charge on any atom is 0.310 e. The summed E-state index contributed by atoms with van der Waals surface area (Å²) in [5.41, 5.74) is 2.14. The van der Waals surface area contributed by atoms with Crippen LogP contribution >= 0.6 is 31.9 Å². The van der Waals surface area contributed by atoms with Crippen LogP contribution in [0, 0.1) is 0 Å². The number of carbonyl (C=O) groups excluding carboxylic acids is 1. The van der Waals surface area contributed by atoms with Crippen molar-refractivity contribution in [2.45, 2.75) is 26.2 Å². The molecule has 1 aliphatic rings. The Balaban J connectivity index is 2.18. The lowest BCUT2D eigenvalue weighted by Gasteiger charge is -2.21. The van der Waals surface area contributed by atoms with Crippen molar-refractivity contribution in [1.82, 2.24) is 0 Å². The highest BCUT2D eigenvalue weighted by atomic mass is 79.9. The second-order valence-electron chi connectivity index (χ2n) is 4.58. The van der Waals surface area contributed by atoms with Crippen molar-refractivity contribution in [2.75, 3.05) is 24.6 Å². The summed E-state index contributed by atoms with van der Waals surface area (Å²) in [6, 6.07) is 4.02. The third kappa shape index (κ3) is 3.72. The molecule has 0 radical (unpaired) electrons. The number of anilines is 1. The number of hydrogen-bond acceptors (Lipinski definition) is 3. The predicted octanol–water partition coefficient (Wildman–Crippen LogP) is 3.92. The van der Waals surface area contributed by atoms with Gasteiger partial charge in [-0.1, -0.05) is 0 Å². The van der Waals surface area contributed by atoms with Gasteiger partial charge in [0.15, 0.2) is 0 Å². The molecule has 1 aromatic rings. The molecule has 0 amide bonds. The molecule has 1 fully saturated rings. The highest BCUT2D eigenvalue weighted by Crippen LogP contribution is 2.37. The van der Waals surface area contributed by atoms with E-state index in [9.17, 15) is 4.79 Å². The third-order valence-corrected chi connectivity index (χ3v) is 4.36. The standard InChI is InChI=1S/C14H17Br2NO2/c1-2-19-13(18)9-10-7-11(15)14(12(16)8-10)17-5-3-4-6-17/h7-8H,2-6,9H2,1H3. The van der Waals surface area contributed by atoms with Crippen LogP contribution in [0.5, 0.6) is 0 Å². The Morgan fingerprint density at radius 1 is 1.26 bits per heavy atom. The SMILES string of the molecule is CCOC(=O)Cc1cc(Br)c(N2CCCC2)c(Br)c1. The van der Waals surface area contributed by atoms with Gasteiger partial charge in [-0.2, -0.15) is 0 Å². The van der Waals surface area contributed by atoms with Gasteiger partial charge in [-0.25, -0.2) is 0 Å². The van der Waals surface area contributed by atoms with Crippen LogP contribution in [0.1, 0.15) is 25.3 Å². The quantitative estimate of drug-likeness (QED) is 0.729. The first-order valence-corrected chi connectivity index (χ1v) is 8.09. The van der Waals surface area contributed by atoms with Crippen LogP contribution in [0.25, 0.3) is 0 Å². The van der Waals surface area contributed by atoms with Crippen molar-refractivity contribution >= 4 is 43.5 Å². The Labute approximate surface area is 130 Å². The van der Waals surface area contributed by atoms with Crippen molar-refractivity contribution in [2.24, 2.45) is 0 Å². The normalized spacial score (nSPS) is 14.8. The van der Waals surface area contributed by atoms with E-state index in [0.29, 0.717) is 13.0 Å². The number of nitrogens with zero attached hydrogens (tertiary/aromatic N) is 1. The number of carbonyl (C=O) groups is 1. The molecular formula is C14H17Br2NO2. The van der Waals surface area contributed by atoms with Crippen LogP contribution in [-0.4, -0.2) is 25.7 Å². The molecule has 0 saturated carbocycles. The number of esters is 1. The molecule has 0 atom stereocenters. The lowest BCUT2D eigenvalue weighted by molar-refractivity contribution is -0.142. The Morgan fingerprint density at radius 2 is 1.84 bits per heavy atom. The summed E-state index contributed by atoms with van der Waals surface area (Å²) < 4.78 is 7.04. The van der Waals surface area contributed by atoms with Crippen molar-refractivity contribution in [3.63, 3.8) is 0 Å². The maximum atomic E-state index is 11.5. The van der Waals surface area contributed by atoms with Crippen LogP contribution in [0.3, 0.4) is 0 Å². The minimum atomic E-state index is -0.185. The average molecular weight is 391 g/mol. The lowest BCUT2D eigenvalue weighted by atomic mass is 10.1. The van der Waals surface area contributed by atoms with E-state index in [1.54, 1.807) is 0 Å². The molecule has 3 nitrogen and oxygen atoms in total. The van der Waals surface area contributed by atoms with Gasteiger partial charge in [-0.15, -0.1) is 0 Å². The molecule has 5 heteroatoms. The Morgan fingerprint density at radius 3 is 2.37 bits per heavy atom. The summed E-state index contributed by atoms with van der Waals surface area (Å²) in [5.74, 6) is -0.185. The van der Waals surface area contributed by atoms with Crippen molar-refractivity contribution in [1.29, 1.82) is 0 Å². The first kappa shape index (κ1) is 14.9. The molecule has 1 aromatic carbocycles. The van der Waals surface area contributed by atoms with E-state index in [2.05, 4.69) is 36.8 Å². The number of benzene rings is 1. The Hall–Kier alpha value is -0.550. The van der Waals surface area contributed by atoms with E-state index < -0.39 is 0 Å². The average Bonchev–Trinajstić information content (AvgIpc) is 2.81. The zero-order chi connectivity index (χ0) is 13.8. The van der Waals surface area contributed by atoms with E-state index in [0.717, 1.165) is 27.6 Å². The molecule has 1 heterocycles. The first-order valence-electron chi connectivity index (χ1n) is 6.50. The summed E-state index contributed by atoms with van der Waals surface area (Å²) in [6.45, 7) is 4.43. The molecular weight excluding hydrogens is 374 g/mol. The van der Waals surface area contributed by atoms with Gasteiger partial charge < -0.3 is 9.64 Å². The topological polar surface area (TPSA) is 29.5 Å². The fourth-order valence-corrected chi connectivity index (χ4v) is 4.12. The highest BCUT2D eigenvalue weighted by molar-refractivity contribution is 9.11. The summed E-state index contributed by atoms with van der Waals surface area (Å²) in [6.07, 6.45) is 2.79. The molecule has 0 spiro atoms. The fourth-order valence-electron chi connectivity index (χ4n) is 2.34. The van der Waals surface area contributed by atoms with Crippen LogP contribution in [0.15, 0.2) is 21.1 Å². The monoisotopic (exact) mass is 389 g/mol. The second kappa shape index (κ2) is 6.75. The first-order chi connectivity index (χ1) is 9.11. The smallest absolute Gasteiger partial charge is 0.310 e. The molecule has 2 rings (SSSR count). The predicted molar refractivity (Wildman–Crippen MR) is 83.6 cm³/mol. The summed E-state index contributed by atoms with van der Waals surface area (Å²) >= 11 is 7.23. The highest BCUT2D eigenvalue weighted by Gasteiger charge is 2.19. The van der Waals surface area contributed by atoms with Gasteiger partial charge in [0.2, 0.25) is 0 Å². The van der Waals surface area contributed by atoms with E-state index in [4.69, 9.17) is 4.74 Å². The molecule has 1 saturated heterocycles. The molecule has 104 valence electrons. The Bertz CT molecular complexity index is 448. The zero-order valence-electron chi connectivity index (χ0n) is 10.9.